The molecule has 1 saturated heterocycles. The van der Waals surface area contributed by atoms with Gasteiger partial charge in [-0.2, -0.15) is 0 Å². The SMILES string of the molecule is NCC(O)CN1CCNCCNCCN(C(C(=O)O)(C(=O)O)C(=O)O)CC1. The summed E-state index contributed by atoms with van der Waals surface area (Å²) >= 11 is 0. The van der Waals surface area contributed by atoms with Crippen molar-refractivity contribution in [2.45, 2.75) is 11.6 Å². The summed E-state index contributed by atoms with van der Waals surface area (Å²) in [5.41, 5.74) is 2.35. The molecular formula is C15H29N5O7. The molecule has 1 unspecified atom stereocenters. The first kappa shape index (κ1) is 23.2. The predicted octanol–water partition coefficient (Wildman–Crippen LogP) is -3.90. The summed E-state index contributed by atoms with van der Waals surface area (Å²) in [6.45, 7) is 2.74. The lowest BCUT2D eigenvalue weighted by atomic mass is 9.97. The number of nitrogens with zero attached hydrogens (tertiary/aromatic N) is 2. The zero-order chi connectivity index (χ0) is 20.4. The molecule has 0 radical (unpaired) electrons. The monoisotopic (exact) mass is 391 g/mol. The van der Waals surface area contributed by atoms with E-state index in [0.29, 0.717) is 26.2 Å². The van der Waals surface area contributed by atoms with Crippen LogP contribution < -0.4 is 16.4 Å². The van der Waals surface area contributed by atoms with Crippen LogP contribution in [0.5, 0.6) is 0 Å². The molecule has 8 N–H and O–H groups in total. The molecule has 0 aromatic rings. The van der Waals surface area contributed by atoms with Crippen LogP contribution in [0.1, 0.15) is 0 Å². The van der Waals surface area contributed by atoms with Gasteiger partial charge in [0.15, 0.2) is 0 Å². The molecule has 1 aliphatic heterocycles. The van der Waals surface area contributed by atoms with Gasteiger partial charge in [-0.25, -0.2) is 14.4 Å². The number of β-amino-alcohol motifs (C(OH)–C–C–N with tert-alkyl or cyclic N) is 1. The fourth-order valence-corrected chi connectivity index (χ4v) is 2.93. The fraction of sp³-hybridized carbons (Fsp3) is 0.800. The van der Waals surface area contributed by atoms with E-state index in [0.717, 1.165) is 4.90 Å². The number of aliphatic carboxylic acids is 3. The minimum atomic E-state index is -3.08. The molecule has 0 saturated carbocycles. The average Bonchev–Trinajstić information content (AvgIpc) is 2.58. The van der Waals surface area contributed by atoms with Crippen LogP contribution in [0.15, 0.2) is 0 Å². The number of nitrogens with two attached hydrogens (primary N) is 1. The molecule has 0 spiro atoms. The van der Waals surface area contributed by atoms with Crippen molar-refractivity contribution in [1.29, 1.82) is 0 Å². The van der Waals surface area contributed by atoms with Crippen LogP contribution in [0.3, 0.4) is 0 Å². The number of hydrogen-bond acceptors (Lipinski definition) is 9. The Morgan fingerprint density at radius 2 is 1.41 bits per heavy atom. The molecule has 0 aliphatic carbocycles. The highest BCUT2D eigenvalue weighted by atomic mass is 16.4. The van der Waals surface area contributed by atoms with Crippen LogP contribution in [0.2, 0.25) is 0 Å². The van der Waals surface area contributed by atoms with E-state index in [1.807, 2.05) is 0 Å². The highest BCUT2D eigenvalue weighted by Gasteiger charge is 2.59. The predicted molar refractivity (Wildman–Crippen MR) is 94.5 cm³/mol. The second kappa shape index (κ2) is 11.1. The van der Waals surface area contributed by atoms with Gasteiger partial charge in [0, 0.05) is 65.4 Å². The number of carboxylic acid groups (broad SMARTS) is 3. The molecule has 1 atom stereocenters. The van der Waals surface area contributed by atoms with Crippen LogP contribution in [0.4, 0.5) is 0 Å². The van der Waals surface area contributed by atoms with Gasteiger partial charge in [-0.15, -0.1) is 0 Å². The second-order valence-corrected chi connectivity index (χ2v) is 6.30. The largest absolute Gasteiger partial charge is 0.479 e. The summed E-state index contributed by atoms with van der Waals surface area (Å²) in [6, 6.07) is 0. The van der Waals surface area contributed by atoms with Crippen molar-refractivity contribution in [3.05, 3.63) is 0 Å². The Hall–Kier alpha value is -1.83. The third-order valence-corrected chi connectivity index (χ3v) is 4.47. The van der Waals surface area contributed by atoms with Crippen molar-refractivity contribution in [2.24, 2.45) is 5.73 Å². The van der Waals surface area contributed by atoms with E-state index in [1.165, 1.54) is 0 Å². The number of nitrogens with one attached hydrogen (secondary N) is 2. The van der Waals surface area contributed by atoms with E-state index in [2.05, 4.69) is 10.6 Å². The van der Waals surface area contributed by atoms with E-state index in [1.54, 1.807) is 4.90 Å². The Morgan fingerprint density at radius 3 is 1.89 bits per heavy atom. The first-order valence-corrected chi connectivity index (χ1v) is 8.74. The number of aliphatic hydroxyl groups excluding tert-OH is 1. The molecule has 1 aliphatic rings. The van der Waals surface area contributed by atoms with E-state index >= 15 is 0 Å². The summed E-state index contributed by atoms with van der Waals surface area (Å²) in [5.74, 6) is -5.86. The van der Waals surface area contributed by atoms with Gasteiger partial charge < -0.3 is 36.8 Å². The summed E-state index contributed by atoms with van der Waals surface area (Å²) in [4.78, 5) is 37.8. The maximum Gasteiger partial charge on any atom is 0.347 e. The highest BCUT2D eigenvalue weighted by molar-refractivity contribution is 6.21. The maximum atomic E-state index is 11.7. The van der Waals surface area contributed by atoms with Gasteiger partial charge in [-0.05, 0) is 0 Å². The first-order chi connectivity index (χ1) is 12.8. The molecule has 0 aromatic carbocycles. The zero-order valence-corrected chi connectivity index (χ0v) is 15.1. The molecule has 0 bridgehead atoms. The lowest BCUT2D eigenvalue weighted by Gasteiger charge is -2.36. The maximum absolute atomic E-state index is 11.7. The smallest absolute Gasteiger partial charge is 0.347 e. The Balaban J connectivity index is 3.09. The molecule has 27 heavy (non-hydrogen) atoms. The van der Waals surface area contributed by atoms with E-state index in [4.69, 9.17) is 5.73 Å². The Labute approximate surface area is 156 Å². The molecule has 156 valence electrons. The van der Waals surface area contributed by atoms with Crippen molar-refractivity contribution < 1.29 is 34.8 Å². The van der Waals surface area contributed by atoms with Gasteiger partial charge in [0.1, 0.15) is 0 Å². The number of carbonyl (C=O) groups is 3. The minimum absolute atomic E-state index is 0.0425. The second-order valence-electron chi connectivity index (χ2n) is 6.30. The Kier molecular flexibility index (Phi) is 9.55. The summed E-state index contributed by atoms with van der Waals surface area (Å²) < 4.78 is 0. The van der Waals surface area contributed by atoms with Gasteiger partial charge in [0.05, 0.1) is 6.10 Å². The van der Waals surface area contributed by atoms with Gasteiger partial charge in [-0.3, -0.25) is 9.80 Å². The topological polar surface area (TPSA) is 189 Å². The number of rotatable bonds is 7. The van der Waals surface area contributed by atoms with Gasteiger partial charge in [-0.1, -0.05) is 0 Å². The Morgan fingerprint density at radius 1 is 0.889 bits per heavy atom. The molecule has 12 nitrogen and oxygen atoms in total. The van der Waals surface area contributed by atoms with Crippen molar-refractivity contribution >= 4 is 17.9 Å². The van der Waals surface area contributed by atoms with Gasteiger partial charge in [0.2, 0.25) is 0 Å². The molecule has 0 amide bonds. The summed E-state index contributed by atoms with van der Waals surface area (Å²) in [5, 5.41) is 44.4. The number of aliphatic hydroxyl groups is 1. The van der Waals surface area contributed by atoms with Crippen LogP contribution >= 0.6 is 0 Å². The normalized spacial score (nSPS) is 20.2. The van der Waals surface area contributed by atoms with Crippen molar-refractivity contribution in [3.63, 3.8) is 0 Å². The van der Waals surface area contributed by atoms with E-state index in [-0.39, 0.29) is 39.3 Å². The molecule has 1 rings (SSSR count). The third-order valence-electron chi connectivity index (χ3n) is 4.47. The zero-order valence-electron chi connectivity index (χ0n) is 15.1. The van der Waals surface area contributed by atoms with Crippen molar-refractivity contribution in [2.75, 3.05) is 65.4 Å². The van der Waals surface area contributed by atoms with Crippen LogP contribution in [-0.2, 0) is 14.4 Å². The first-order valence-electron chi connectivity index (χ1n) is 8.74. The summed E-state index contributed by atoms with van der Waals surface area (Å²) in [7, 11) is 0. The lowest BCUT2D eigenvalue weighted by molar-refractivity contribution is -0.179. The highest BCUT2D eigenvalue weighted by Crippen LogP contribution is 2.18. The lowest BCUT2D eigenvalue weighted by Crippen LogP contribution is -2.67. The van der Waals surface area contributed by atoms with Crippen LogP contribution in [0, 0.1) is 0 Å². The van der Waals surface area contributed by atoms with E-state index in [9.17, 15) is 34.8 Å². The summed E-state index contributed by atoms with van der Waals surface area (Å²) in [6.07, 6.45) is -0.795. The van der Waals surface area contributed by atoms with Gasteiger partial charge in [0.25, 0.3) is 0 Å². The Bertz CT molecular complexity index is 483. The van der Waals surface area contributed by atoms with Crippen LogP contribution in [-0.4, -0.2) is 125 Å². The molecule has 1 heterocycles. The van der Waals surface area contributed by atoms with Crippen molar-refractivity contribution in [1.82, 2.24) is 20.4 Å². The quantitative estimate of drug-likeness (QED) is 0.209. The molecule has 0 aromatic heterocycles. The van der Waals surface area contributed by atoms with Crippen LogP contribution in [0.25, 0.3) is 0 Å². The molecule has 1 fully saturated rings. The standard InChI is InChI=1S/C15H29N5O7/c16-9-11(21)10-19-5-3-17-1-2-18-4-6-20(8-7-19)15(12(22)23,13(24)25)14(26)27/h11,17-18,21H,1-10,16H2,(H,22,23)(H,24,25)(H,26,27). The number of hydrogen-bond donors (Lipinski definition) is 7. The van der Waals surface area contributed by atoms with Gasteiger partial charge >= 0.3 is 23.4 Å². The minimum Gasteiger partial charge on any atom is -0.479 e. The van der Waals surface area contributed by atoms with Crippen molar-refractivity contribution in [3.8, 4) is 0 Å². The molecule has 12 heteroatoms. The van der Waals surface area contributed by atoms with E-state index < -0.39 is 29.6 Å². The third kappa shape index (κ3) is 6.09. The fourth-order valence-electron chi connectivity index (χ4n) is 2.93. The molecular weight excluding hydrogens is 362 g/mol. The number of carboxylic acids is 3. The average molecular weight is 391 g/mol.